The van der Waals surface area contributed by atoms with E-state index in [4.69, 9.17) is 10.8 Å². The zero-order valence-electron chi connectivity index (χ0n) is 9.55. The van der Waals surface area contributed by atoms with Crippen LogP contribution in [0.5, 0.6) is 0 Å². The molecule has 2 rings (SSSR count). The molecule has 0 bridgehead atoms. The molecule has 1 aliphatic heterocycles. The summed E-state index contributed by atoms with van der Waals surface area (Å²) in [6.07, 6.45) is 1.98. The van der Waals surface area contributed by atoms with Gasteiger partial charge in [-0.05, 0) is 19.4 Å². The lowest BCUT2D eigenvalue weighted by Crippen LogP contribution is -2.30. The maximum Gasteiger partial charge on any atom is 0.337 e. The summed E-state index contributed by atoms with van der Waals surface area (Å²) in [5.74, 6) is -0.536. The van der Waals surface area contributed by atoms with Gasteiger partial charge in [-0.25, -0.2) is 9.78 Å². The molecular formula is C11H15N3O3. The smallest absolute Gasteiger partial charge is 0.337 e. The van der Waals surface area contributed by atoms with Crippen molar-refractivity contribution >= 4 is 17.5 Å². The molecule has 1 saturated heterocycles. The third-order valence-electron chi connectivity index (χ3n) is 2.93. The van der Waals surface area contributed by atoms with Crippen molar-refractivity contribution in [2.45, 2.75) is 18.9 Å². The number of aliphatic hydroxyl groups is 1. The van der Waals surface area contributed by atoms with Crippen LogP contribution in [0.15, 0.2) is 12.3 Å². The van der Waals surface area contributed by atoms with Gasteiger partial charge in [-0.2, -0.15) is 0 Å². The Labute approximate surface area is 98.7 Å². The summed E-state index contributed by atoms with van der Waals surface area (Å²) in [6, 6.07) is 1.44. The van der Waals surface area contributed by atoms with Crippen molar-refractivity contribution in [3.05, 3.63) is 17.8 Å². The molecule has 1 aromatic rings. The SMILES string of the molecule is CC1(O)CCN(c2cc(C(=O)O)c(N)cn2)C1. The summed E-state index contributed by atoms with van der Waals surface area (Å²) in [4.78, 5) is 16.9. The minimum Gasteiger partial charge on any atom is -0.478 e. The second kappa shape index (κ2) is 3.89. The Kier molecular flexibility index (Phi) is 2.66. The van der Waals surface area contributed by atoms with Crippen LogP contribution < -0.4 is 10.6 Å². The first-order chi connectivity index (χ1) is 7.89. The van der Waals surface area contributed by atoms with E-state index in [1.807, 2.05) is 4.90 Å². The van der Waals surface area contributed by atoms with Gasteiger partial charge in [0.15, 0.2) is 0 Å². The van der Waals surface area contributed by atoms with Crippen LogP contribution in [0, 0.1) is 0 Å². The van der Waals surface area contributed by atoms with Gasteiger partial charge in [0, 0.05) is 13.1 Å². The Morgan fingerprint density at radius 3 is 2.88 bits per heavy atom. The molecule has 0 saturated carbocycles. The molecule has 0 radical (unpaired) electrons. The van der Waals surface area contributed by atoms with E-state index < -0.39 is 11.6 Å². The summed E-state index contributed by atoms with van der Waals surface area (Å²) in [7, 11) is 0. The number of nitrogens with zero attached hydrogens (tertiary/aromatic N) is 2. The van der Waals surface area contributed by atoms with E-state index in [1.165, 1.54) is 12.3 Å². The van der Waals surface area contributed by atoms with Crippen LogP contribution in [-0.4, -0.2) is 39.9 Å². The first-order valence-electron chi connectivity index (χ1n) is 5.35. The van der Waals surface area contributed by atoms with Gasteiger partial charge in [0.25, 0.3) is 0 Å². The fourth-order valence-electron chi connectivity index (χ4n) is 1.95. The van der Waals surface area contributed by atoms with Crippen molar-refractivity contribution in [2.24, 2.45) is 0 Å². The van der Waals surface area contributed by atoms with Gasteiger partial charge >= 0.3 is 5.97 Å². The number of pyridine rings is 1. The molecule has 0 amide bonds. The number of anilines is 2. The fourth-order valence-corrected chi connectivity index (χ4v) is 1.95. The molecule has 1 aromatic heterocycles. The monoisotopic (exact) mass is 237 g/mol. The van der Waals surface area contributed by atoms with Crippen LogP contribution in [-0.2, 0) is 0 Å². The van der Waals surface area contributed by atoms with Crippen LogP contribution in [0.3, 0.4) is 0 Å². The van der Waals surface area contributed by atoms with E-state index >= 15 is 0 Å². The minimum atomic E-state index is -1.07. The Bertz CT molecular complexity index is 459. The molecule has 0 aromatic carbocycles. The van der Waals surface area contributed by atoms with Crippen LogP contribution in [0.1, 0.15) is 23.7 Å². The van der Waals surface area contributed by atoms with Gasteiger partial charge in [0.05, 0.1) is 23.0 Å². The van der Waals surface area contributed by atoms with Crippen molar-refractivity contribution in [1.29, 1.82) is 0 Å². The van der Waals surface area contributed by atoms with Gasteiger partial charge < -0.3 is 20.8 Å². The van der Waals surface area contributed by atoms with Gasteiger partial charge in [0.1, 0.15) is 5.82 Å². The van der Waals surface area contributed by atoms with Crippen molar-refractivity contribution in [3.8, 4) is 0 Å². The van der Waals surface area contributed by atoms with E-state index in [0.717, 1.165) is 0 Å². The van der Waals surface area contributed by atoms with E-state index in [1.54, 1.807) is 6.92 Å². The number of β-amino-alcohol motifs (C(OH)–C–C–N with tert-alkyl or cyclic N) is 1. The molecule has 6 nitrogen and oxygen atoms in total. The summed E-state index contributed by atoms with van der Waals surface area (Å²) in [5, 5.41) is 18.8. The van der Waals surface area contributed by atoms with Crippen LogP contribution in [0.4, 0.5) is 11.5 Å². The molecule has 92 valence electrons. The van der Waals surface area contributed by atoms with Gasteiger partial charge in [-0.1, -0.05) is 0 Å². The van der Waals surface area contributed by atoms with Gasteiger partial charge in [0.2, 0.25) is 0 Å². The largest absolute Gasteiger partial charge is 0.478 e. The second-order valence-corrected chi connectivity index (χ2v) is 4.60. The standard InChI is InChI=1S/C11H15N3O3/c1-11(17)2-3-14(6-11)9-4-7(10(15)16)8(12)5-13-9/h4-5,17H,2-3,6,12H2,1H3,(H,15,16). The number of aromatic carboxylic acids is 1. The third-order valence-corrected chi connectivity index (χ3v) is 2.93. The van der Waals surface area contributed by atoms with Crippen molar-refractivity contribution in [2.75, 3.05) is 23.7 Å². The van der Waals surface area contributed by atoms with E-state index in [0.29, 0.717) is 25.3 Å². The molecular weight excluding hydrogens is 222 g/mol. The first kappa shape index (κ1) is 11.7. The minimum absolute atomic E-state index is 0.0431. The highest BCUT2D eigenvalue weighted by Gasteiger charge is 2.32. The van der Waals surface area contributed by atoms with Crippen molar-refractivity contribution in [1.82, 2.24) is 4.98 Å². The predicted molar refractivity (Wildman–Crippen MR) is 63.1 cm³/mol. The fraction of sp³-hybridized carbons (Fsp3) is 0.455. The van der Waals surface area contributed by atoms with Crippen molar-refractivity contribution in [3.63, 3.8) is 0 Å². The second-order valence-electron chi connectivity index (χ2n) is 4.60. The number of nitrogens with two attached hydrogens (primary N) is 1. The van der Waals surface area contributed by atoms with Crippen LogP contribution >= 0.6 is 0 Å². The number of carbonyl (C=O) groups is 1. The number of rotatable bonds is 2. The molecule has 6 heteroatoms. The number of carboxylic acids is 1. The summed E-state index contributed by atoms with van der Waals surface area (Å²) in [6.45, 7) is 2.86. The van der Waals surface area contributed by atoms with Gasteiger partial charge in [-0.15, -0.1) is 0 Å². The predicted octanol–water partition coefficient (Wildman–Crippen LogP) is 0.323. The van der Waals surface area contributed by atoms with Crippen molar-refractivity contribution < 1.29 is 15.0 Å². The number of hydrogen-bond acceptors (Lipinski definition) is 5. The lowest BCUT2D eigenvalue weighted by atomic mass is 10.1. The number of carboxylic acid groups (broad SMARTS) is 1. The Hall–Kier alpha value is -1.82. The molecule has 1 atom stereocenters. The number of aromatic nitrogens is 1. The number of hydrogen-bond donors (Lipinski definition) is 3. The normalized spacial score (nSPS) is 24.0. The quantitative estimate of drug-likeness (QED) is 0.685. The molecule has 4 N–H and O–H groups in total. The van der Waals surface area contributed by atoms with E-state index in [9.17, 15) is 9.90 Å². The first-order valence-corrected chi connectivity index (χ1v) is 5.35. The molecule has 1 unspecified atom stereocenters. The van der Waals surface area contributed by atoms with E-state index in [-0.39, 0.29) is 11.3 Å². The Balaban J connectivity index is 2.29. The van der Waals surface area contributed by atoms with Gasteiger partial charge in [-0.3, -0.25) is 0 Å². The molecule has 0 aliphatic carbocycles. The maximum atomic E-state index is 10.9. The summed E-state index contributed by atoms with van der Waals surface area (Å²) in [5.41, 5.74) is 4.98. The zero-order chi connectivity index (χ0) is 12.6. The molecule has 0 spiro atoms. The summed E-state index contributed by atoms with van der Waals surface area (Å²) < 4.78 is 0. The lowest BCUT2D eigenvalue weighted by Gasteiger charge is -2.20. The Morgan fingerprint density at radius 1 is 1.65 bits per heavy atom. The highest BCUT2D eigenvalue weighted by Crippen LogP contribution is 2.26. The van der Waals surface area contributed by atoms with Crippen LogP contribution in [0.2, 0.25) is 0 Å². The molecule has 2 heterocycles. The highest BCUT2D eigenvalue weighted by atomic mass is 16.4. The van der Waals surface area contributed by atoms with Crippen LogP contribution in [0.25, 0.3) is 0 Å². The highest BCUT2D eigenvalue weighted by molar-refractivity contribution is 5.94. The lowest BCUT2D eigenvalue weighted by molar-refractivity contribution is 0.0698. The maximum absolute atomic E-state index is 10.9. The Morgan fingerprint density at radius 2 is 2.35 bits per heavy atom. The topological polar surface area (TPSA) is 99.7 Å². The average Bonchev–Trinajstić information content (AvgIpc) is 2.59. The summed E-state index contributed by atoms with van der Waals surface area (Å²) >= 11 is 0. The van der Waals surface area contributed by atoms with E-state index in [2.05, 4.69) is 4.98 Å². The molecule has 17 heavy (non-hydrogen) atoms. The zero-order valence-corrected chi connectivity index (χ0v) is 9.55. The molecule has 1 aliphatic rings. The number of nitrogen functional groups attached to an aromatic ring is 1. The average molecular weight is 237 g/mol. The third kappa shape index (κ3) is 2.31. The molecule has 1 fully saturated rings.